The van der Waals surface area contributed by atoms with E-state index in [1.807, 2.05) is 48.2 Å². The maximum Gasteiger partial charge on any atom is 0.163 e. The summed E-state index contributed by atoms with van der Waals surface area (Å²) >= 11 is 1.86. The standard InChI is InChI=1S/C25H26OS/c1-19-10-9-11-20(2)25(19)27-23(17-16-21-12-5-3-6-13-21)18-24(26)22-14-7-4-8-15-22/h3-15,23H,16-18H2,1-2H3/t23-/m0/s1. The number of thioether (sulfide) groups is 1. The number of hydrogen-bond donors (Lipinski definition) is 0. The van der Waals surface area contributed by atoms with Crippen LogP contribution in [0, 0.1) is 13.8 Å². The summed E-state index contributed by atoms with van der Waals surface area (Å²) in [4.78, 5) is 14.1. The molecule has 0 aromatic heterocycles. The van der Waals surface area contributed by atoms with E-state index in [1.54, 1.807) is 0 Å². The summed E-state index contributed by atoms with van der Waals surface area (Å²) in [5.74, 6) is 0.229. The van der Waals surface area contributed by atoms with Gasteiger partial charge in [-0.15, -0.1) is 11.8 Å². The van der Waals surface area contributed by atoms with E-state index < -0.39 is 0 Å². The Bertz CT molecular complexity index is 851. The quantitative estimate of drug-likeness (QED) is 0.323. The minimum atomic E-state index is 0.229. The highest BCUT2D eigenvalue weighted by molar-refractivity contribution is 8.00. The van der Waals surface area contributed by atoms with Gasteiger partial charge in [0.15, 0.2) is 5.78 Å². The lowest BCUT2D eigenvalue weighted by atomic mass is 10.0. The number of rotatable bonds is 8. The third-order valence-electron chi connectivity index (χ3n) is 4.80. The highest BCUT2D eigenvalue weighted by Gasteiger charge is 2.18. The number of ketones is 1. The summed E-state index contributed by atoms with van der Waals surface area (Å²) in [6.45, 7) is 4.31. The van der Waals surface area contributed by atoms with E-state index in [9.17, 15) is 4.79 Å². The van der Waals surface area contributed by atoms with Crippen LogP contribution in [0.2, 0.25) is 0 Å². The fourth-order valence-corrected chi connectivity index (χ4v) is 4.59. The fraction of sp³-hybridized carbons (Fsp3) is 0.240. The summed E-state index contributed by atoms with van der Waals surface area (Å²) in [6, 6.07) is 26.6. The molecule has 138 valence electrons. The second-order valence-electron chi connectivity index (χ2n) is 6.98. The molecular weight excluding hydrogens is 348 g/mol. The molecule has 0 unspecified atom stereocenters. The Kier molecular flexibility index (Phi) is 6.89. The Morgan fingerprint density at radius 3 is 2.04 bits per heavy atom. The van der Waals surface area contributed by atoms with Crippen molar-refractivity contribution >= 4 is 17.5 Å². The maximum absolute atomic E-state index is 12.8. The van der Waals surface area contributed by atoms with Gasteiger partial charge < -0.3 is 0 Å². The van der Waals surface area contributed by atoms with Gasteiger partial charge in [0.25, 0.3) is 0 Å². The van der Waals surface area contributed by atoms with Crippen molar-refractivity contribution in [3.05, 3.63) is 101 Å². The van der Waals surface area contributed by atoms with Gasteiger partial charge in [-0.25, -0.2) is 0 Å². The first-order valence-corrected chi connectivity index (χ1v) is 10.4. The van der Waals surface area contributed by atoms with E-state index in [0.29, 0.717) is 6.42 Å². The molecule has 0 saturated heterocycles. The number of benzene rings is 3. The van der Waals surface area contributed by atoms with Crippen molar-refractivity contribution in [1.82, 2.24) is 0 Å². The van der Waals surface area contributed by atoms with Crippen LogP contribution in [0.3, 0.4) is 0 Å². The van der Waals surface area contributed by atoms with Crippen LogP contribution in [-0.2, 0) is 6.42 Å². The summed E-state index contributed by atoms with van der Waals surface area (Å²) in [5, 5.41) is 0.262. The molecule has 0 N–H and O–H groups in total. The summed E-state index contributed by atoms with van der Waals surface area (Å²) in [6.07, 6.45) is 2.54. The van der Waals surface area contributed by atoms with E-state index in [4.69, 9.17) is 0 Å². The van der Waals surface area contributed by atoms with E-state index >= 15 is 0 Å². The van der Waals surface area contributed by atoms with Crippen LogP contribution >= 0.6 is 11.8 Å². The molecule has 3 aromatic rings. The molecule has 0 aliphatic carbocycles. The first-order valence-electron chi connectivity index (χ1n) is 9.48. The molecule has 0 saturated carbocycles. The third kappa shape index (κ3) is 5.58. The number of Topliss-reactive ketones (excluding diaryl/α,β-unsaturated/α-hetero) is 1. The Morgan fingerprint density at radius 2 is 1.41 bits per heavy atom. The van der Waals surface area contributed by atoms with Crippen LogP contribution in [0.25, 0.3) is 0 Å². The topological polar surface area (TPSA) is 17.1 Å². The SMILES string of the molecule is Cc1cccc(C)c1S[C@@H](CCc1ccccc1)CC(=O)c1ccccc1. The average molecular weight is 375 g/mol. The Labute approximate surface area is 166 Å². The summed E-state index contributed by atoms with van der Waals surface area (Å²) in [5.41, 5.74) is 4.72. The molecule has 3 aromatic carbocycles. The molecule has 0 amide bonds. The molecule has 0 fully saturated rings. The monoisotopic (exact) mass is 374 g/mol. The van der Waals surface area contributed by atoms with Crippen molar-refractivity contribution in [3.63, 3.8) is 0 Å². The molecule has 0 heterocycles. The van der Waals surface area contributed by atoms with Crippen molar-refractivity contribution < 1.29 is 4.79 Å². The lowest BCUT2D eigenvalue weighted by Crippen LogP contribution is -2.13. The van der Waals surface area contributed by atoms with Crippen LogP contribution in [0.15, 0.2) is 83.8 Å². The molecule has 0 spiro atoms. The zero-order valence-electron chi connectivity index (χ0n) is 16.0. The van der Waals surface area contributed by atoms with Gasteiger partial charge in [-0.05, 0) is 43.4 Å². The van der Waals surface area contributed by atoms with Crippen molar-refractivity contribution in [2.75, 3.05) is 0 Å². The molecule has 1 atom stereocenters. The molecular formula is C25H26OS. The Balaban J connectivity index is 1.76. The van der Waals surface area contributed by atoms with Crippen LogP contribution < -0.4 is 0 Å². The molecule has 0 radical (unpaired) electrons. The number of carbonyl (C=O) groups is 1. The highest BCUT2D eigenvalue weighted by atomic mass is 32.2. The molecule has 0 aliphatic heterocycles. The smallest absolute Gasteiger partial charge is 0.163 e. The number of carbonyl (C=O) groups excluding carboxylic acids is 1. The van der Waals surface area contributed by atoms with Gasteiger partial charge in [-0.2, -0.15) is 0 Å². The molecule has 0 bridgehead atoms. The zero-order chi connectivity index (χ0) is 19.1. The van der Waals surface area contributed by atoms with Crippen molar-refractivity contribution in [2.24, 2.45) is 0 Å². The van der Waals surface area contributed by atoms with Crippen molar-refractivity contribution in [1.29, 1.82) is 0 Å². The van der Waals surface area contributed by atoms with Gasteiger partial charge in [0.2, 0.25) is 0 Å². The summed E-state index contributed by atoms with van der Waals surface area (Å²) in [7, 11) is 0. The highest BCUT2D eigenvalue weighted by Crippen LogP contribution is 2.34. The minimum Gasteiger partial charge on any atom is -0.294 e. The van der Waals surface area contributed by atoms with Gasteiger partial charge in [0.1, 0.15) is 0 Å². The van der Waals surface area contributed by atoms with Crippen LogP contribution in [0.4, 0.5) is 0 Å². The molecule has 27 heavy (non-hydrogen) atoms. The van der Waals surface area contributed by atoms with Crippen molar-refractivity contribution in [3.8, 4) is 0 Å². The van der Waals surface area contributed by atoms with Crippen molar-refractivity contribution in [2.45, 2.75) is 43.3 Å². The first-order chi connectivity index (χ1) is 13.1. The second-order valence-corrected chi connectivity index (χ2v) is 8.29. The van der Waals surface area contributed by atoms with Crippen LogP contribution in [0.5, 0.6) is 0 Å². The van der Waals surface area contributed by atoms with E-state index in [2.05, 4.69) is 56.3 Å². The van der Waals surface area contributed by atoms with Crippen LogP contribution in [-0.4, -0.2) is 11.0 Å². The fourth-order valence-electron chi connectivity index (χ4n) is 3.28. The van der Waals surface area contributed by atoms with Gasteiger partial charge in [0.05, 0.1) is 0 Å². The normalized spacial score (nSPS) is 11.9. The Morgan fingerprint density at radius 1 is 0.815 bits per heavy atom. The van der Waals surface area contributed by atoms with Gasteiger partial charge in [0, 0.05) is 22.1 Å². The summed E-state index contributed by atoms with van der Waals surface area (Å²) < 4.78 is 0. The first kappa shape index (κ1) is 19.4. The number of hydrogen-bond acceptors (Lipinski definition) is 2. The maximum atomic E-state index is 12.8. The van der Waals surface area contributed by atoms with Crippen LogP contribution in [0.1, 0.15) is 39.9 Å². The van der Waals surface area contributed by atoms with Gasteiger partial charge in [-0.3, -0.25) is 4.79 Å². The predicted molar refractivity (Wildman–Crippen MR) is 116 cm³/mol. The largest absolute Gasteiger partial charge is 0.294 e. The van der Waals surface area contributed by atoms with Gasteiger partial charge >= 0.3 is 0 Å². The zero-order valence-corrected chi connectivity index (χ0v) is 16.8. The van der Waals surface area contributed by atoms with E-state index in [0.717, 1.165) is 18.4 Å². The average Bonchev–Trinajstić information content (AvgIpc) is 2.70. The Hall–Kier alpha value is -2.32. The third-order valence-corrected chi connectivity index (χ3v) is 6.42. The number of aryl methyl sites for hydroxylation is 3. The van der Waals surface area contributed by atoms with E-state index in [1.165, 1.54) is 21.6 Å². The molecule has 3 rings (SSSR count). The molecule has 2 heteroatoms. The predicted octanol–water partition coefficient (Wildman–Crippen LogP) is 6.67. The van der Waals surface area contributed by atoms with E-state index in [-0.39, 0.29) is 11.0 Å². The molecule has 1 nitrogen and oxygen atoms in total. The van der Waals surface area contributed by atoms with Gasteiger partial charge in [-0.1, -0.05) is 78.9 Å². The molecule has 0 aliphatic rings. The lowest BCUT2D eigenvalue weighted by Gasteiger charge is -2.19. The second kappa shape index (κ2) is 9.57. The lowest BCUT2D eigenvalue weighted by molar-refractivity contribution is 0.0981. The minimum absolute atomic E-state index is 0.229.